The zero-order valence-electron chi connectivity index (χ0n) is 17.3. The average molecular weight is 450 g/mol. The molecule has 1 aliphatic heterocycles. The molecule has 3 aromatic carbocycles. The zero-order chi connectivity index (χ0) is 22.5. The molecule has 0 unspecified atom stereocenters. The monoisotopic (exact) mass is 449 g/mol. The number of fused-ring (bicyclic) bond motifs is 1. The van der Waals surface area contributed by atoms with Crippen LogP contribution < -0.4 is 19.9 Å². The van der Waals surface area contributed by atoms with Crippen molar-refractivity contribution in [2.24, 2.45) is 0 Å². The lowest BCUT2D eigenvalue weighted by atomic mass is 9.94. The normalized spacial score (nSPS) is 15.9. The van der Waals surface area contributed by atoms with Gasteiger partial charge in [-0.25, -0.2) is 8.42 Å². The third-order valence-corrected chi connectivity index (χ3v) is 6.94. The van der Waals surface area contributed by atoms with Crippen molar-refractivity contribution in [3.8, 4) is 22.6 Å². The van der Waals surface area contributed by atoms with E-state index in [2.05, 4.69) is 5.32 Å². The number of hydrogen-bond donors (Lipinski definition) is 1. The third kappa shape index (κ3) is 3.61. The molecular formula is C24H21N2O5S. The van der Waals surface area contributed by atoms with Crippen molar-refractivity contribution in [3.05, 3.63) is 71.8 Å². The van der Waals surface area contributed by atoms with Gasteiger partial charge >= 0.3 is 0 Å². The number of benzene rings is 3. The minimum Gasteiger partial charge on any atom is -0.454 e. The Hall–Kier alpha value is -3.36. The quantitative estimate of drug-likeness (QED) is 0.633. The summed E-state index contributed by atoms with van der Waals surface area (Å²) in [6.07, 6.45) is 1.50. The highest BCUT2D eigenvalue weighted by atomic mass is 32.2. The summed E-state index contributed by atoms with van der Waals surface area (Å²) in [5.41, 5.74) is 3.33. The Balaban J connectivity index is 1.43. The van der Waals surface area contributed by atoms with Gasteiger partial charge in [0.05, 0.1) is 10.3 Å². The largest absolute Gasteiger partial charge is 0.454 e. The van der Waals surface area contributed by atoms with E-state index in [1.54, 1.807) is 12.1 Å². The minimum absolute atomic E-state index is 0.0661. The molecule has 1 radical (unpaired) electrons. The molecule has 5 rings (SSSR count). The van der Waals surface area contributed by atoms with Gasteiger partial charge in [0.25, 0.3) is 10.0 Å². The van der Waals surface area contributed by atoms with Crippen molar-refractivity contribution >= 4 is 21.6 Å². The van der Waals surface area contributed by atoms with Crippen LogP contribution in [0.15, 0.2) is 65.6 Å². The Morgan fingerprint density at radius 3 is 2.53 bits per heavy atom. The van der Waals surface area contributed by atoms with Crippen LogP contribution in [0, 0.1) is 6.92 Å². The zero-order valence-corrected chi connectivity index (χ0v) is 18.2. The summed E-state index contributed by atoms with van der Waals surface area (Å²) < 4.78 is 34.1. The predicted octanol–water partition coefficient (Wildman–Crippen LogP) is 4.03. The summed E-state index contributed by atoms with van der Waals surface area (Å²) in [6.45, 7) is 2.10. The van der Waals surface area contributed by atoms with E-state index < -0.39 is 15.4 Å². The van der Waals surface area contributed by atoms with Gasteiger partial charge in [0.1, 0.15) is 0 Å². The van der Waals surface area contributed by atoms with Gasteiger partial charge in [0.2, 0.25) is 12.7 Å². The fourth-order valence-corrected chi connectivity index (χ4v) is 4.60. The summed E-state index contributed by atoms with van der Waals surface area (Å²) in [6, 6.07) is 17.4. The molecule has 32 heavy (non-hydrogen) atoms. The van der Waals surface area contributed by atoms with Crippen molar-refractivity contribution in [1.29, 1.82) is 0 Å². The van der Waals surface area contributed by atoms with Crippen LogP contribution in [0.25, 0.3) is 11.1 Å². The summed E-state index contributed by atoms with van der Waals surface area (Å²) in [5, 5.41) is 10.3. The molecule has 1 aliphatic carbocycles. The van der Waals surface area contributed by atoms with Crippen LogP contribution in [-0.4, -0.2) is 21.1 Å². The molecule has 2 aliphatic rings. The topological polar surface area (TPSA) is 106 Å². The van der Waals surface area contributed by atoms with Crippen LogP contribution in [0.5, 0.6) is 11.5 Å². The summed E-state index contributed by atoms with van der Waals surface area (Å²) in [4.78, 5) is 13.2. The Kier molecular flexibility index (Phi) is 4.72. The highest BCUT2D eigenvalue weighted by molar-refractivity contribution is 7.88. The van der Waals surface area contributed by atoms with E-state index in [-0.39, 0.29) is 17.6 Å². The van der Waals surface area contributed by atoms with Gasteiger partial charge in [0.15, 0.2) is 11.5 Å². The molecule has 1 amide bonds. The van der Waals surface area contributed by atoms with Crippen molar-refractivity contribution in [2.45, 2.75) is 30.1 Å². The molecule has 2 N–H and O–H groups in total. The van der Waals surface area contributed by atoms with Gasteiger partial charge in [-0.05, 0) is 78.4 Å². The number of anilines is 1. The number of sulfonamides is 1. The molecule has 163 valence electrons. The summed E-state index contributed by atoms with van der Waals surface area (Å²) >= 11 is 0. The van der Waals surface area contributed by atoms with E-state index in [9.17, 15) is 13.2 Å². The molecule has 0 bridgehead atoms. The molecule has 3 aromatic rings. The van der Waals surface area contributed by atoms with Gasteiger partial charge in [-0.15, -0.1) is 5.14 Å². The molecule has 1 fully saturated rings. The second-order valence-electron chi connectivity index (χ2n) is 8.17. The number of carbonyl (C=O) groups excluding carboxylic acids is 1. The number of aryl methyl sites for hydroxylation is 1. The fourth-order valence-electron chi connectivity index (χ4n) is 4.06. The lowest BCUT2D eigenvalue weighted by Crippen LogP contribution is -2.27. The summed E-state index contributed by atoms with van der Waals surface area (Å²) in [5.74, 6) is 1.25. The van der Waals surface area contributed by atoms with E-state index >= 15 is 0 Å². The van der Waals surface area contributed by atoms with Crippen molar-refractivity contribution in [1.82, 2.24) is 5.14 Å². The first-order chi connectivity index (χ1) is 15.3. The van der Waals surface area contributed by atoms with Crippen molar-refractivity contribution in [3.63, 3.8) is 0 Å². The van der Waals surface area contributed by atoms with Crippen LogP contribution in [0.1, 0.15) is 24.0 Å². The second kappa shape index (κ2) is 7.36. The van der Waals surface area contributed by atoms with E-state index in [0.717, 1.165) is 29.5 Å². The van der Waals surface area contributed by atoms with Gasteiger partial charge in [0, 0.05) is 5.69 Å². The molecular weight excluding hydrogens is 428 g/mol. The molecule has 0 atom stereocenters. The number of nitrogens with one attached hydrogen (secondary N) is 2. The minimum atomic E-state index is -4.06. The third-order valence-electron chi connectivity index (χ3n) is 6.06. The number of amides is 1. The van der Waals surface area contributed by atoms with Gasteiger partial charge < -0.3 is 14.8 Å². The molecule has 1 heterocycles. The van der Waals surface area contributed by atoms with Crippen molar-refractivity contribution < 1.29 is 22.7 Å². The predicted molar refractivity (Wildman–Crippen MR) is 119 cm³/mol. The first-order valence-electron chi connectivity index (χ1n) is 10.2. The highest BCUT2D eigenvalue weighted by Crippen LogP contribution is 2.51. The van der Waals surface area contributed by atoms with Crippen LogP contribution >= 0.6 is 0 Å². The Morgan fingerprint density at radius 1 is 1.00 bits per heavy atom. The smallest absolute Gasteiger partial charge is 0.254 e. The number of ether oxygens (including phenoxy) is 2. The highest BCUT2D eigenvalue weighted by Gasteiger charge is 2.51. The maximum Gasteiger partial charge on any atom is 0.254 e. The van der Waals surface area contributed by atoms with Gasteiger partial charge in [-0.3, -0.25) is 4.79 Å². The fraction of sp³-hybridized carbons (Fsp3) is 0.208. The standard InChI is InChI=1S/C24H21N2O5S/c1-15-5-7-18(13-20(15)16-3-2-4-19(11-16)32(25,28)29)26-23(27)24(9-10-24)17-6-8-21-22(12-17)31-14-30-21/h2-8,11-13,25H,9-10,14H2,1H3,(H,26,27). The van der Waals surface area contributed by atoms with Crippen LogP contribution in [0.2, 0.25) is 0 Å². The molecule has 0 aromatic heterocycles. The first-order valence-corrected chi connectivity index (χ1v) is 11.7. The lowest BCUT2D eigenvalue weighted by molar-refractivity contribution is -0.118. The van der Waals surface area contributed by atoms with E-state index in [1.165, 1.54) is 12.1 Å². The van der Waals surface area contributed by atoms with Crippen LogP contribution in [-0.2, 0) is 20.2 Å². The molecule has 7 nitrogen and oxygen atoms in total. The van der Waals surface area contributed by atoms with E-state index in [4.69, 9.17) is 14.6 Å². The SMILES string of the molecule is Cc1ccc(NC(=O)C2(c3ccc4c(c3)OCO4)CC2)cc1-c1cccc(S([NH])(=O)=O)c1. The van der Waals surface area contributed by atoms with Crippen LogP contribution in [0.3, 0.4) is 0 Å². The second-order valence-corrected chi connectivity index (χ2v) is 9.64. The number of rotatable bonds is 5. The molecule has 1 saturated carbocycles. The molecule has 0 saturated heterocycles. The average Bonchev–Trinajstić information content (AvgIpc) is 3.45. The van der Waals surface area contributed by atoms with Crippen molar-refractivity contribution in [2.75, 3.05) is 12.1 Å². The Bertz CT molecular complexity index is 1350. The van der Waals surface area contributed by atoms with E-state index in [1.807, 2.05) is 43.3 Å². The lowest BCUT2D eigenvalue weighted by Gasteiger charge is -2.17. The number of carbonyl (C=O) groups is 1. The maximum absolute atomic E-state index is 13.2. The van der Waals surface area contributed by atoms with E-state index in [0.29, 0.717) is 22.7 Å². The molecule has 0 spiro atoms. The van der Waals surface area contributed by atoms with Gasteiger partial charge in [-0.2, -0.15) is 0 Å². The number of hydrogen-bond acceptors (Lipinski definition) is 5. The first kappa shape index (κ1) is 20.5. The molecule has 8 heteroatoms. The van der Waals surface area contributed by atoms with Gasteiger partial charge in [-0.1, -0.05) is 24.3 Å². The maximum atomic E-state index is 13.2. The Morgan fingerprint density at radius 2 is 1.78 bits per heavy atom. The Labute approximate surface area is 186 Å². The van der Waals surface area contributed by atoms with Crippen LogP contribution in [0.4, 0.5) is 5.69 Å². The summed E-state index contributed by atoms with van der Waals surface area (Å²) in [7, 11) is -4.06.